The lowest BCUT2D eigenvalue weighted by molar-refractivity contribution is -0.151. The average Bonchev–Trinajstić information content (AvgIpc) is 2.83. The predicted octanol–water partition coefficient (Wildman–Crippen LogP) is -0.182. The molecule has 0 aliphatic carbocycles. The van der Waals surface area contributed by atoms with Gasteiger partial charge in [0.1, 0.15) is 6.04 Å². The first-order valence-corrected chi connectivity index (χ1v) is 7.25. The van der Waals surface area contributed by atoms with E-state index in [2.05, 4.69) is 10.1 Å². The minimum Gasteiger partial charge on any atom is -0.467 e. The zero-order valence-corrected chi connectivity index (χ0v) is 12.6. The van der Waals surface area contributed by atoms with Crippen LogP contribution in [0.25, 0.3) is 0 Å². The molecule has 0 bridgehead atoms. The van der Waals surface area contributed by atoms with Crippen molar-refractivity contribution in [1.29, 1.82) is 0 Å². The summed E-state index contributed by atoms with van der Waals surface area (Å²) in [5.74, 6) is -0.676. The molecule has 1 rings (SSSR count). The third-order valence-corrected chi connectivity index (χ3v) is 3.51. The maximum atomic E-state index is 12.1. The number of likely N-dealkylation sites (tertiary alicyclic amines) is 1. The standard InChI is InChI=1S/C14H24N2O5/c1-10(17)15-7-5-3-4-6-13(19)16-9-11(18)8-12(16)14(20)21-2/h11-12,18H,3-9H2,1-2H3,(H,15,17). The fourth-order valence-electron chi connectivity index (χ4n) is 2.43. The lowest BCUT2D eigenvalue weighted by Crippen LogP contribution is -2.41. The van der Waals surface area contributed by atoms with E-state index in [4.69, 9.17) is 0 Å². The highest BCUT2D eigenvalue weighted by atomic mass is 16.5. The number of hydrogen-bond donors (Lipinski definition) is 2. The van der Waals surface area contributed by atoms with Crippen molar-refractivity contribution in [2.24, 2.45) is 0 Å². The molecule has 0 aromatic rings. The Morgan fingerprint density at radius 3 is 2.62 bits per heavy atom. The largest absolute Gasteiger partial charge is 0.467 e. The van der Waals surface area contributed by atoms with E-state index >= 15 is 0 Å². The van der Waals surface area contributed by atoms with Gasteiger partial charge in [0.2, 0.25) is 11.8 Å². The Morgan fingerprint density at radius 1 is 1.29 bits per heavy atom. The lowest BCUT2D eigenvalue weighted by Gasteiger charge is -2.22. The van der Waals surface area contributed by atoms with Crippen molar-refractivity contribution in [2.45, 2.75) is 51.2 Å². The van der Waals surface area contributed by atoms with Gasteiger partial charge in [-0.3, -0.25) is 9.59 Å². The van der Waals surface area contributed by atoms with Gasteiger partial charge in [-0.05, 0) is 12.8 Å². The van der Waals surface area contributed by atoms with E-state index in [-0.39, 0.29) is 24.8 Å². The van der Waals surface area contributed by atoms with Gasteiger partial charge in [0.05, 0.1) is 13.2 Å². The van der Waals surface area contributed by atoms with Crippen LogP contribution in [0.5, 0.6) is 0 Å². The van der Waals surface area contributed by atoms with Crippen LogP contribution in [0.15, 0.2) is 0 Å². The first-order valence-electron chi connectivity index (χ1n) is 7.25. The second-order valence-electron chi connectivity index (χ2n) is 5.27. The van der Waals surface area contributed by atoms with Crippen molar-refractivity contribution in [1.82, 2.24) is 10.2 Å². The van der Waals surface area contributed by atoms with Crippen LogP contribution in [0, 0.1) is 0 Å². The summed E-state index contributed by atoms with van der Waals surface area (Å²) in [4.78, 5) is 35.8. The van der Waals surface area contributed by atoms with Gasteiger partial charge in [-0.25, -0.2) is 4.79 Å². The third-order valence-electron chi connectivity index (χ3n) is 3.51. The van der Waals surface area contributed by atoms with Crippen LogP contribution in [0.2, 0.25) is 0 Å². The quantitative estimate of drug-likeness (QED) is 0.502. The zero-order valence-electron chi connectivity index (χ0n) is 12.6. The van der Waals surface area contributed by atoms with E-state index < -0.39 is 18.1 Å². The number of esters is 1. The number of rotatable bonds is 7. The summed E-state index contributed by atoms with van der Waals surface area (Å²) >= 11 is 0. The molecule has 2 N–H and O–H groups in total. The number of hydrogen-bond acceptors (Lipinski definition) is 5. The van der Waals surface area contributed by atoms with E-state index in [1.807, 2.05) is 0 Å². The van der Waals surface area contributed by atoms with E-state index in [1.165, 1.54) is 18.9 Å². The molecule has 2 amide bonds. The highest BCUT2D eigenvalue weighted by Gasteiger charge is 2.39. The van der Waals surface area contributed by atoms with Crippen molar-refractivity contribution in [2.75, 3.05) is 20.2 Å². The molecular formula is C14H24N2O5. The Bertz CT molecular complexity index is 386. The minimum atomic E-state index is -0.670. The maximum Gasteiger partial charge on any atom is 0.328 e. The molecule has 2 unspecified atom stereocenters. The molecule has 0 aromatic carbocycles. The van der Waals surface area contributed by atoms with E-state index in [9.17, 15) is 19.5 Å². The molecule has 0 saturated carbocycles. The molecule has 1 saturated heterocycles. The molecule has 0 spiro atoms. The summed E-state index contributed by atoms with van der Waals surface area (Å²) in [6.07, 6.45) is 2.24. The summed E-state index contributed by atoms with van der Waals surface area (Å²) < 4.78 is 4.66. The van der Waals surface area contributed by atoms with Gasteiger partial charge >= 0.3 is 5.97 Å². The van der Waals surface area contributed by atoms with Crippen molar-refractivity contribution in [3.05, 3.63) is 0 Å². The molecule has 1 heterocycles. The molecule has 7 nitrogen and oxygen atoms in total. The first kappa shape index (κ1) is 17.4. The van der Waals surface area contributed by atoms with Crippen LogP contribution in [0.4, 0.5) is 0 Å². The topological polar surface area (TPSA) is 95.9 Å². The van der Waals surface area contributed by atoms with Gasteiger partial charge < -0.3 is 20.1 Å². The van der Waals surface area contributed by atoms with Crippen LogP contribution in [0.3, 0.4) is 0 Å². The summed E-state index contributed by atoms with van der Waals surface area (Å²) in [5, 5.41) is 12.3. The number of amides is 2. The van der Waals surface area contributed by atoms with Crippen molar-refractivity contribution >= 4 is 17.8 Å². The summed E-state index contributed by atoms with van der Waals surface area (Å²) in [6.45, 7) is 2.26. The highest BCUT2D eigenvalue weighted by molar-refractivity contribution is 5.85. The highest BCUT2D eigenvalue weighted by Crippen LogP contribution is 2.20. The number of aliphatic hydroxyl groups excluding tert-OH is 1. The van der Waals surface area contributed by atoms with Gasteiger partial charge in [-0.2, -0.15) is 0 Å². The Kier molecular flexibility index (Phi) is 7.14. The fraction of sp³-hybridized carbons (Fsp3) is 0.786. The Hall–Kier alpha value is -1.63. The molecule has 21 heavy (non-hydrogen) atoms. The number of carbonyl (C=O) groups is 3. The zero-order chi connectivity index (χ0) is 15.8. The maximum absolute atomic E-state index is 12.1. The number of aliphatic hydroxyl groups is 1. The summed E-state index contributed by atoms with van der Waals surface area (Å²) in [6, 6.07) is -0.670. The number of nitrogens with zero attached hydrogens (tertiary/aromatic N) is 1. The number of carbonyl (C=O) groups excluding carboxylic acids is 3. The average molecular weight is 300 g/mol. The van der Waals surface area contributed by atoms with Crippen LogP contribution >= 0.6 is 0 Å². The molecule has 1 fully saturated rings. The van der Waals surface area contributed by atoms with Crippen LogP contribution in [-0.2, 0) is 19.1 Å². The Morgan fingerprint density at radius 2 is 2.00 bits per heavy atom. The number of ether oxygens (including phenoxy) is 1. The molecule has 7 heteroatoms. The van der Waals surface area contributed by atoms with Gasteiger partial charge in [0, 0.05) is 32.9 Å². The number of nitrogens with one attached hydrogen (secondary N) is 1. The molecule has 120 valence electrons. The Labute approximate surface area is 124 Å². The second-order valence-corrected chi connectivity index (χ2v) is 5.27. The second kappa shape index (κ2) is 8.61. The van der Waals surface area contributed by atoms with E-state index in [1.54, 1.807) is 0 Å². The lowest BCUT2D eigenvalue weighted by atomic mass is 10.1. The van der Waals surface area contributed by atoms with Crippen molar-refractivity contribution in [3.8, 4) is 0 Å². The predicted molar refractivity (Wildman–Crippen MR) is 75.3 cm³/mol. The van der Waals surface area contributed by atoms with Crippen LogP contribution in [-0.4, -0.2) is 60.1 Å². The molecule has 0 radical (unpaired) electrons. The number of unbranched alkanes of at least 4 members (excludes halogenated alkanes) is 2. The fourth-order valence-corrected chi connectivity index (χ4v) is 2.43. The normalized spacial score (nSPS) is 21.2. The van der Waals surface area contributed by atoms with E-state index in [0.29, 0.717) is 19.4 Å². The van der Waals surface area contributed by atoms with Gasteiger partial charge in [0.15, 0.2) is 0 Å². The first-order chi connectivity index (χ1) is 9.95. The smallest absolute Gasteiger partial charge is 0.328 e. The van der Waals surface area contributed by atoms with E-state index in [0.717, 1.165) is 12.8 Å². The van der Waals surface area contributed by atoms with Crippen molar-refractivity contribution in [3.63, 3.8) is 0 Å². The summed E-state index contributed by atoms with van der Waals surface area (Å²) in [5.41, 5.74) is 0. The molecule has 0 aromatic heterocycles. The summed E-state index contributed by atoms with van der Waals surface area (Å²) in [7, 11) is 1.28. The van der Waals surface area contributed by atoms with Gasteiger partial charge in [-0.15, -0.1) is 0 Å². The molecule has 1 aliphatic rings. The molecular weight excluding hydrogens is 276 g/mol. The molecule has 2 atom stereocenters. The monoisotopic (exact) mass is 300 g/mol. The minimum absolute atomic E-state index is 0.0574. The number of methoxy groups -OCH3 is 1. The molecule has 1 aliphatic heterocycles. The Balaban J connectivity index is 2.30. The van der Waals surface area contributed by atoms with Crippen LogP contribution < -0.4 is 5.32 Å². The third kappa shape index (κ3) is 5.71. The van der Waals surface area contributed by atoms with Crippen LogP contribution in [0.1, 0.15) is 39.0 Å². The van der Waals surface area contributed by atoms with Crippen molar-refractivity contribution < 1.29 is 24.2 Å². The number of β-amino-alcohol motifs (C(OH)–C–C–N with tert-alkyl or cyclic N) is 1. The van der Waals surface area contributed by atoms with Gasteiger partial charge in [-0.1, -0.05) is 6.42 Å². The van der Waals surface area contributed by atoms with Gasteiger partial charge in [0.25, 0.3) is 0 Å². The SMILES string of the molecule is COC(=O)C1CC(O)CN1C(=O)CCCCCNC(C)=O.